The number of carbonyl (C=O) groups is 3. The zero-order valence-electron chi connectivity index (χ0n) is 11.7. The lowest BCUT2D eigenvalue weighted by molar-refractivity contribution is -0.134. The number of benzene rings is 1. The van der Waals surface area contributed by atoms with Crippen molar-refractivity contribution in [2.45, 2.75) is 25.3 Å². The fourth-order valence-electron chi connectivity index (χ4n) is 2.15. The summed E-state index contributed by atoms with van der Waals surface area (Å²) in [5, 5.41) is 8.21. The molecule has 6 heteroatoms. The molecule has 0 radical (unpaired) electrons. The van der Waals surface area contributed by atoms with Crippen LogP contribution in [0.25, 0.3) is 0 Å². The van der Waals surface area contributed by atoms with E-state index in [0.717, 1.165) is 6.42 Å². The van der Waals surface area contributed by atoms with Crippen molar-refractivity contribution in [1.82, 2.24) is 16.0 Å². The third kappa shape index (κ3) is 4.68. The molecule has 2 rings (SSSR count). The van der Waals surface area contributed by atoms with Crippen LogP contribution in [0.15, 0.2) is 30.3 Å². The molecule has 1 aromatic carbocycles. The Hall–Kier alpha value is -2.21. The standard InChI is InChI=1S/C15H19N3O3.3H2/c19-13-8-7-12(15(21)18-13)16-9-4-10-17-14(20)11-5-2-1-3-6-11;;;/h1-3,5-6,12,16H,4,7-10H2,(H,17,20)(H,18,19,21);3*1H. The van der Waals surface area contributed by atoms with Gasteiger partial charge in [-0.2, -0.15) is 0 Å². The Labute approximate surface area is 127 Å². The Bertz CT molecular complexity index is 529. The van der Waals surface area contributed by atoms with Crippen LogP contribution < -0.4 is 16.0 Å². The molecule has 0 aromatic heterocycles. The van der Waals surface area contributed by atoms with E-state index in [9.17, 15) is 14.4 Å². The topological polar surface area (TPSA) is 87.3 Å². The number of carbonyl (C=O) groups excluding carboxylic acids is 3. The van der Waals surface area contributed by atoms with Gasteiger partial charge in [0.2, 0.25) is 11.8 Å². The molecule has 0 saturated carbocycles. The maximum Gasteiger partial charge on any atom is 0.251 e. The second-order valence-corrected chi connectivity index (χ2v) is 4.93. The van der Waals surface area contributed by atoms with Gasteiger partial charge in [-0.15, -0.1) is 0 Å². The highest BCUT2D eigenvalue weighted by molar-refractivity contribution is 6.00. The van der Waals surface area contributed by atoms with Gasteiger partial charge in [-0.05, 0) is 31.5 Å². The molecule has 1 aliphatic rings. The van der Waals surface area contributed by atoms with Gasteiger partial charge in [0.1, 0.15) is 0 Å². The van der Waals surface area contributed by atoms with Crippen LogP contribution >= 0.6 is 0 Å². The number of rotatable bonds is 6. The lowest BCUT2D eigenvalue weighted by Gasteiger charge is -2.21. The molecular weight excluding hydrogens is 270 g/mol. The van der Waals surface area contributed by atoms with E-state index in [1.165, 1.54) is 0 Å². The van der Waals surface area contributed by atoms with Crippen LogP contribution in [0.3, 0.4) is 0 Å². The molecular formula is C15H25N3O3. The summed E-state index contributed by atoms with van der Waals surface area (Å²) in [6, 6.07) is 8.71. The van der Waals surface area contributed by atoms with Crippen molar-refractivity contribution >= 4 is 17.7 Å². The summed E-state index contributed by atoms with van der Waals surface area (Å²) in [6.07, 6.45) is 1.62. The molecule has 0 bridgehead atoms. The van der Waals surface area contributed by atoms with Crippen molar-refractivity contribution in [3.8, 4) is 0 Å². The third-order valence-electron chi connectivity index (χ3n) is 3.31. The molecule has 0 spiro atoms. The minimum atomic E-state index is -0.312. The van der Waals surface area contributed by atoms with E-state index in [2.05, 4.69) is 16.0 Å². The minimum Gasteiger partial charge on any atom is -0.352 e. The first-order valence-electron chi connectivity index (χ1n) is 7.07. The normalized spacial score (nSPS) is 18.2. The van der Waals surface area contributed by atoms with Crippen LogP contribution in [-0.2, 0) is 9.59 Å². The SMILES string of the molecule is O=C1CCC(NCCCNC(=O)c2ccccc2)C(=O)N1.[HH].[HH].[HH]. The highest BCUT2D eigenvalue weighted by atomic mass is 16.2. The van der Waals surface area contributed by atoms with Gasteiger partial charge in [-0.25, -0.2) is 0 Å². The van der Waals surface area contributed by atoms with Crippen LogP contribution in [0.2, 0.25) is 0 Å². The fraction of sp³-hybridized carbons (Fsp3) is 0.400. The summed E-state index contributed by atoms with van der Waals surface area (Å²) in [5.74, 6) is -0.579. The predicted octanol–water partition coefficient (Wildman–Crippen LogP) is 0.939. The summed E-state index contributed by atoms with van der Waals surface area (Å²) in [5.41, 5.74) is 0.635. The lowest BCUT2D eigenvalue weighted by atomic mass is 10.1. The second kappa shape index (κ2) is 7.54. The van der Waals surface area contributed by atoms with Gasteiger partial charge in [-0.3, -0.25) is 19.7 Å². The molecule has 1 heterocycles. The Morgan fingerprint density at radius 3 is 2.71 bits per heavy atom. The highest BCUT2D eigenvalue weighted by Crippen LogP contribution is 2.04. The number of hydrogen-bond acceptors (Lipinski definition) is 4. The number of nitrogens with one attached hydrogen (secondary N) is 3. The maximum atomic E-state index is 11.8. The molecule has 3 N–H and O–H groups in total. The molecule has 1 fully saturated rings. The first-order chi connectivity index (χ1) is 10.2. The minimum absolute atomic E-state index is 0. The average Bonchev–Trinajstić information content (AvgIpc) is 2.49. The molecule has 1 aromatic rings. The third-order valence-corrected chi connectivity index (χ3v) is 3.31. The quantitative estimate of drug-likeness (QED) is 0.538. The van der Waals surface area contributed by atoms with E-state index < -0.39 is 0 Å². The van der Waals surface area contributed by atoms with Gasteiger partial charge in [0, 0.05) is 22.8 Å². The Balaban J connectivity index is 0. The summed E-state index contributed by atoms with van der Waals surface area (Å²) < 4.78 is 0. The number of hydrogen-bond donors (Lipinski definition) is 3. The van der Waals surface area contributed by atoms with E-state index in [0.29, 0.717) is 31.5 Å². The van der Waals surface area contributed by atoms with Gasteiger partial charge in [0.05, 0.1) is 6.04 Å². The van der Waals surface area contributed by atoms with E-state index in [1.807, 2.05) is 18.2 Å². The van der Waals surface area contributed by atoms with Gasteiger partial charge >= 0.3 is 0 Å². The molecule has 1 unspecified atom stereocenters. The van der Waals surface area contributed by atoms with Crippen molar-refractivity contribution < 1.29 is 18.7 Å². The molecule has 118 valence electrons. The maximum absolute atomic E-state index is 11.8. The van der Waals surface area contributed by atoms with Crippen LogP contribution in [0, 0.1) is 0 Å². The Morgan fingerprint density at radius 2 is 2.00 bits per heavy atom. The summed E-state index contributed by atoms with van der Waals surface area (Å²) >= 11 is 0. The zero-order chi connectivity index (χ0) is 15.1. The van der Waals surface area contributed by atoms with Crippen molar-refractivity contribution in [2.75, 3.05) is 13.1 Å². The fourth-order valence-corrected chi connectivity index (χ4v) is 2.15. The Kier molecular flexibility index (Phi) is 5.45. The lowest BCUT2D eigenvalue weighted by Crippen LogP contribution is -2.51. The van der Waals surface area contributed by atoms with Crippen molar-refractivity contribution in [2.24, 2.45) is 0 Å². The van der Waals surface area contributed by atoms with Gasteiger partial charge in [-0.1, -0.05) is 18.2 Å². The van der Waals surface area contributed by atoms with E-state index in [-0.39, 0.29) is 28.0 Å². The molecule has 0 aliphatic carbocycles. The van der Waals surface area contributed by atoms with Crippen LogP contribution in [0.5, 0.6) is 0 Å². The molecule has 1 aliphatic heterocycles. The predicted molar refractivity (Wildman–Crippen MR) is 83.9 cm³/mol. The van der Waals surface area contributed by atoms with Crippen molar-refractivity contribution in [1.29, 1.82) is 0 Å². The molecule has 3 amide bonds. The first-order valence-corrected chi connectivity index (χ1v) is 7.07. The summed E-state index contributed by atoms with van der Waals surface area (Å²) in [4.78, 5) is 34.3. The molecule has 21 heavy (non-hydrogen) atoms. The van der Waals surface area contributed by atoms with Crippen molar-refractivity contribution in [3.05, 3.63) is 35.9 Å². The Morgan fingerprint density at radius 1 is 1.24 bits per heavy atom. The smallest absolute Gasteiger partial charge is 0.251 e. The molecule has 1 saturated heterocycles. The van der Waals surface area contributed by atoms with Crippen LogP contribution in [0.1, 0.15) is 33.9 Å². The summed E-state index contributed by atoms with van der Waals surface area (Å²) in [6.45, 7) is 1.15. The van der Waals surface area contributed by atoms with E-state index in [1.54, 1.807) is 12.1 Å². The van der Waals surface area contributed by atoms with Crippen LogP contribution in [0.4, 0.5) is 0 Å². The monoisotopic (exact) mass is 295 g/mol. The number of imide groups is 1. The molecule has 6 nitrogen and oxygen atoms in total. The van der Waals surface area contributed by atoms with Crippen molar-refractivity contribution in [3.63, 3.8) is 0 Å². The van der Waals surface area contributed by atoms with Gasteiger partial charge < -0.3 is 10.6 Å². The van der Waals surface area contributed by atoms with E-state index in [4.69, 9.17) is 0 Å². The van der Waals surface area contributed by atoms with Crippen LogP contribution in [-0.4, -0.2) is 36.9 Å². The number of amides is 3. The molecule has 1 atom stereocenters. The largest absolute Gasteiger partial charge is 0.352 e. The number of piperidine rings is 1. The van der Waals surface area contributed by atoms with Gasteiger partial charge in [0.15, 0.2) is 0 Å². The first kappa shape index (κ1) is 15.2. The summed E-state index contributed by atoms with van der Waals surface area (Å²) in [7, 11) is 0. The highest BCUT2D eigenvalue weighted by Gasteiger charge is 2.25. The van der Waals surface area contributed by atoms with E-state index >= 15 is 0 Å². The second-order valence-electron chi connectivity index (χ2n) is 4.93. The van der Waals surface area contributed by atoms with Gasteiger partial charge in [0.25, 0.3) is 5.91 Å². The average molecular weight is 295 g/mol. The zero-order valence-corrected chi connectivity index (χ0v) is 11.7.